The molecule has 2 aromatic heterocycles. The van der Waals surface area contributed by atoms with E-state index in [1.54, 1.807) is 12.5 Å². The highest BCUT2D eigenvalue weighted by Gasteiger charge is 2.34. The van der Waals surface area contributed by atoms with E-state index in [1.165, 1.54) is 6.42 Å². The number of imidazole rings is 1. The third-order valence-corrected chi connectivity index (χ3v) is 5.67. The fourth-order valence-corrected chi connectivity index (χ4v) is 3.85. The smallest absolute Gasteiger partial charge is 0.247 e. The lowest BCUT2D eigenvalue weighted by atomic mass is 9.88. The lowest BCUT2D eigenvalue weighted by Gasteiger charge is -2.24. The predicted molar refractivity (Wildman–Crippen MR) is 103 cm³/mol. The summed E-state index contributed by atoms with van der Waals surface area (Å²) in [5, 5.41) is 9.94. The topological polar surface area (TPSA) is 113 Å². The number of carbonyl (C=O) groups excluding carboxylic acids is 2. The number of anilines is 1. The van der Waals surface area contributed by atoms with Crippen molar-refractivity contribution in [2.45, 2.75) is 70.3 Å². The molecule has 0 bridgehead atoms. The molecular weight excluding hydrogens is 358 g/mol. The Labute approximate surface area is 163 Å². The Bertz CT molecular complexity index is 819. The van der Waals surface area contributed by atoms with Gasteiger partial charge in [0.25, 0.3) is 0 Å². The van der Waals surface area contributed by atoms with Crippen LogP contribution in [0.15, 0.2) is 17.0 Å². The van der Waals surface area contributed by atoms with Crippen molar-refractivity contribution in [3.63, 3.8) is 0 Å². The zero-order valence-electron chi connectivity index (χ0n) is 16.2. The summed E-state index contributed by atoms with van der Waals surface area (Å²) in [6.45, 7) is 1.81. The molecule has 2 aliphatic carbocycles. The van der Waals surface area contributed by atoms with Gasteiger partial charge in [-0.2, -0.15) is 0 Å². The molecule has 2 amide bonds. The van der Waals surface area contributed by atoms with E-state index in [0.29, 0.717) is 23.7 Å². The van der Waals surface area contributed by atoms with Gasteiger partial charge < -0.3 is 20.1 Å². The fraction of sp³-hybridized carbons (Fsp3) is 0.600. The summed E-state index contributed by atoms with van der Waals surface area (Å²) in [5.41, 5.74) is 2.11. The molecule has 1 atom stereocenters. The number of hydrogen-bond donors (Lipinski definition) is 3. The Kier molecular flexibility index (Phi) is 5.45. The normalized spacial score (nSPS) is 18.6. The second kappa shape index (κ2) is 8.16. The van der Waals surface area contributed by atoms with Crippen molar-refractivity contribution in [2.75, 3.05) is 5.32 Å². The van der Waals surface area contributed by atoms with Crippen LogP contribution in [0.3, 0.4) is 0 Å². The van der Waals surface area contributed by atoms with Crippen molar-refractivity contribution in [1.29, 1.82) is 0 Å². The highest BCUT2D eigenvalue weighted by molar-refractivity contribution is 5.98. The maximum Gasteiger partial charge on any atom is 0.247 e. The van der Waals surface area contributed by atoms with E-state index < -0.39 is 6.04 Å². The molecule has 28 heavy (non-hydrogen) atoms. The largest absolute Gasteiger partial charge is 0.359 e. The molecule has 2 aromatic rings. The summed E-state index contributed by atoms with van der Waals surface area (Å²) < 4.78 is 5.41. The fourth-order valence-electron chi connectivity index (χ4n) is 3.85. The highest BCUT2D eigenvalue weighted by Crippen LogP contribution is 2.44. The van der Waals surface area contributed by atoms with Crippen LogP contribution in [0.25, 0.3) is 0 Å². The van der Waals surface area contributed by atoms with Crippen molar-refractivity contribution in [3.8, 4) is 0 Å². The molecule has 0 aliphatic heterocycles. The van der Waals surface area contributed by atoms with Crippen LogP contribution in [0.2, 0.25) is 0 Å². The molecular formula is C20H27N5O3. The second-order valence-corrected chi connectivity index (χ2v) is 7.95. The summed E-state index contributed by atoms with van der Waals surface area (Å²) in [6, 6.07) is -0.684. The zero-order chi connectivity index (χ0) is 19.5. The summed E-state index contributed by atoms with van der Waals surface area (Å²) in [7, 11) is 0. The quantitative estimate of drug-likeness (QED) is 0.678. The van der Waals surface area contributed by atoms with Crippen molar-refractivity contribution in [2.24, 2.45) is 5.92 Å². The molecule has 150 valence electrons. The molecule has 2 fully saturated rings. The van der Waals surface area contributed by atoms with Crippen LogP contribution in [0.5, 0.6) is 0 Å². The van der Waals surface area contributed by atoms with Gasteiger partial charge in [0.2, 0.25) is 11.8 Å². The maximum atomic E-state index is 13.1. The number of amides is 2. The standard InChI is InChI=1S/C20H27N5O3/c1-12-17(18(28-25-12)13-7-8-13)24-20(27)16(9-15-10-21-11-22-15)23-19(26)14-5-3-2-4-6-14/h10-11,13-14,16H,2-9H2,1H3,(H,21,22)(H,23,26)(H,24,27)/t16-/m0/s1. The molecule has 3 N–H and O–H groups in total. The minimum atomic E-state index is -0.684. The number of aryl methyl sites for hydroxylation is 1. The van der Waals surface area contributed by atoms with Gasteiger partial charge in [-0.05, 0) is 32.6 Å². The summed E-state index contributed by atoms with van der Waals surface area (Å²) >= 11 is 0. The number of carbonyl (C=O) groups is 2. The molecule has 2 heterocycles. The van der Waals surface area contributed by atoms with E-state index in [2.05, 4.69) is 25.8 Å². The Hall–Kier alpha value is -2.64. The van der Waals surface area contributed by atoms with Crippen LogP contribution in [0.4, 0.5) is 5.69 Å². The maximum absolute atomic E-state index is 13.1. The van der Waals surface area contributed by atoms with E-state index in [4.69, 9.17) is 4.52 Å². The monoisotopic (exact) mass is 385 g/mol. The van der Waals surface area contributed by atoms with Gasteiger partial charge in [-0.1, -0.05) is 24.4 Å². The van der Waals surface area contributed by atoms with Gasteiger partial charge in [0, 0.05) is 30.1 Å². The second-order valence-electron chi connectivity index (χ2n) is 7.95. The van der Waals surface area contributed by atoms with E-state index >= 15 is 0 Å². The van der Waals surface area contributed by atoms with Crippen LogP contribution in [0, 0.1) is 12.8 Å². The minimum absolute atomic E-state index is 0.00910. The minimum Gasteiger partial charge on any atom is -0.359 e. The first-order valence-electron chi connectivity index (χ1n) is 10.2. The van der Waals surface area contributed by atoms with Gasteiger partial charge >= 0.3 is 0 Å². The lowest BCUT2D eigenvalue weighted by molar-refractivity contribution is -0.130. The van der Waals surface area contributed by atoms with Gasteiger partial charge in [-0.25, -0.2) is 4.98 Å². The zero-order valence-corrected chi connectivity index (χ0v) is 16.2. The van der Waals surface area contributed by atoms with E-state index in [9.17, 15) is 9.59 Å². The Morgan fingerprint density at radius 2 is 2.04 bits per heavy atom. The number of H-pyrrole nitrogens is 1. The highest BCUT2D eigenvalue weighted by atomic mass is 16.5. The number of nitrogens with one attached hydrogen (secondary N) is 3. The molecule has 0 unspecified atom stereocenters. The first-order valence-corrected chi connectivity index (χ1v) is 10.2. The summed E-state index contributed by atoms with van der Waals surface area (Å²) in [5.74, 6) is 0.769. The van der Waals surface area contributed by atoms with E-state index in [0.717, 1.165) is 50.0 Å². The van der Waals surface area contributed by atoms with Crippen molar-refractivity contribution < 1.29 is 14.1 Å². The predicted octanol–water partition coefficient (Wildman–Crippen LogP) is 2.83. The molecule has 0 spiro atoms. The average Bonchev–Trinajstić information content (AvgIpc) is 3.30. The van der Waals surface area contributed by atoms with Crippen LogP contribution >= 0.6 is 0 Å². The SMILES string of the molecule is Cc1noc(C2CC2)c1NC(=O)[C@H](Cc1cnc[nH]1)NC(=O)C1CCCCC1. The number of aromatic nitrogens is 3. The Morgan fingerprint density at radius 3 is 2.71 bits per heavy atom. The molecule has 8 heteroatoms. The molecule has 0 radical (unpaired) electrons. The molecule has 0 saturated heterocycles. The number of aromatic amines is 1. The van der Waals surface area contributed by atoms with Crippen LogP contribution in [-0.4, -0.2) is 33.0 Å². The molecule has 4 rings (SSSR count). The first kappa shape index (κ1) is 18.7. The van der Waals surface area contributed by atoms with Gasteiger partial charge in [0.15, 0.2) is 5.76 Å². The molecule has 8 nitrogen and oxygen atoms in total. The third kappa shape index (κ3) is 4.26. The first-order chi connectivity index (χ1) is 13.6. The summed E-state index contributed by atoms with van der Waals surface area (Å²) in [4.78, 5) is 32.8. The molecule has 2 saturated carbocycles. The van der Waals surface area contributed by atoms with Gasteiger partial charge in [-0.15, -0.1) is 0 Å². The van der Waals surface area contributed by atoms with E-state index in [1.807, 2.05) is 6.92 Å². The molecule has 0 aromatic carbocycles. The number of rotatable bonds is 7. The molecule has 2 aliphatic rings. The van der Waals surface area contributed by atoms with Crippen molar-refractivity contribution in [3.05, 3.63) is 29.7 Å². The van der Waals surface area contributed by atoms with Gasteiger partial charge in [0.1, 0.15) is 17.4 Å². The Morgan fingerprint density at radius 1 is 1.25 bits per heavy atom. The van der Waals surface area contributed by atoms with Crippen molar-refractivity contribution in [1.82, 2.24) is 20.4 Å². The van der Waals surface area contributed by atoms with Gasteiger partial charge in [-0.3, -0.25) is 9.59 Å². The Balaban J connectivity index is 1.48. The van der Waals surface area contributed by atoms with Crippen LogP contribution < -0.4 is 10.6 Å². The lowest BCUT2D eigenvalue weighted by Crippen LogP contribution is -2.47. The van der Waals surface area contributed by atoms with Crippen molar-refractivity contribution >= 4 is 17.5 Å². The van der Waals surface area contributed by atoms with Crippen LogP contribution in [0.1, 0.15) is 68.0 Å². The average molecular weight is 385 g/mol. The van der Waals surface area contributed by atoms with Crippen LogP contribution in [-0.2, 0) is 16.0 Å². The summed E-state index contributed by atoms with van der Waals surface area (Å²) in [6.07, 6.45) is 10.8. The van der Waals surface area contributed by atoms with Gasteiger partial charge in [0.05, 0.1) is 6.33 Å². The van der Waals surface area contributed by atoms with E-state index in [-0.39, 0.29) is 17.7 Å². The third-order valence-electron chi connectivity index (χ3n) is 5.67. The number of hydrogen-bond acceptors (Lipinski definition) is 5. The number of nitrogens with zero attached hydrogens (tertiary/aromatic N) is 2.